The summed E-state index contributed by atoms with van der Waals surface area (Å²) in [5.41, 5.74) is 1.78. The van der Waals surface area contributed by atoms with Gasteiger partial charge in [0.1, 0.15) is 0 Å². The van der Waals surface area contributed by atoms with Crippen molar-refractivity contribution in [2.75, 3.05) is 17.2 Å². The van der Waals surface area contributed by atoms with Crippen molar-refractivity contribution in [3.63, 3.8) is 0 Å². The Morgan fingerprint density at radius 1 is 1.08 bits per heavy atom. The fraction of sp³-hybridized carbons (Fsp3) is 0.316. The molecule has 0 heterocycles. The van der Waals surface area contributed by atoms with E-state index in [0.29, 0.717) is 0 Å². The number of carbonyl (C=O) groups is 1. The van der Waals surface area contributed by atoms with E-state index in [2.05, 4.69) is 10.6 Å². The van der Waals surface area contributed by atoms with Gasteiger partial charge in [-0.1, -0.05) is 44.2 Å². The summed E-state index contributed by atoms with van der Waals surface area (Å²) in [5, 5.41) is 5.38. The van der Waals surface area contributed by atoms with Gasteiger partial charge in [-0.25, -0.2) is 0 Å². The van der Waals surface area contributed by atoms with E-state index in [9.17, 15) is 18.0 Å². The van der Waals surface area contributed by atoms with Crippen molar-refractivity contribution in [1.29, 1.82) is 0 Å². The number of anilines is 2. The van der Waals surface area contributed by atoms with Crippen LogP contribution in [0, 0.1) is 6.92 Å². The Morgan fingerprint density at radius 2 is 1.76 bits per heavy atom. The van der Waals surface area contributed by atoms with E-state index >= 15 is 0 Å². The number of aryl methyl sites for hydroxylation is 1. The van der Waals surface area contributed by atoms with Crippen LogP contribution in [-0.2, 0) is 11.0 Å². The van der Waals surface area contributed by atoms with E-state index in [1.807, 2.05) is 39.0 Å². The summed E-state index contributed by atoms with van der Waals surface area (Å²) in [7, 11) is 0. The van der Waals surface area contributed by atoms with Gasteiger partial charge in [-0.2, -0.15) is 13.2 Å². The maximum atomic E-state index is 13.0. The predicted molar refractivity (Wildman–Crippen MR) is 93.8 cm³/mol. The van der Waals surface area contributed by atoms with E-state index in [4.69, 9.17) is 0 Å². The Labute approximate surface area is 145 Å². The van der Waals surface area contributed by atoms with Gasteiger partial charge >= 0.3 is 6.18 Å². The second-order valence-electron chi connectivity index (χ2n) is 6.14. The molecule has 1 amide bonds. The molecule has 0 aliphatic carbocycles. The quantitative estimate of drug-likeness (QED) is 0.779. The van der Waals surface area contributed by atoms with Crippen LogP contribution < -0.4 is 10.6 Å². The van der Waals surface area contributed by atoms with Gasteiger partial charge < -0.3 is 10.6 Å². The molecule has 0 saturated heterocycles. The molecule has 25 heavy (non-hydrogen) atoms. The van der Waals surface area contributed by atoms with Crippen LogP contribution in [0.15, 0.2) is 42.5 Å². The molecule has 2 aromatic rings. The molecule has 134 valence electrons. The molecule has 0 spiro atoms. The molecule has 0 unspecified atom stereocenters. The third-order valence-electron chi connectivity index (χ3n) is 3.86. The van der Waals surface area contributed by atoms with Crippen molar-refractivity contribution in [1.82, 2.24) is 0 Å². The summed E-state index contributed by atoms with van der Waals surface area (Å²) in [4.78, 5) is 12.1. The number of para-hydroxylation sites is 2. The Bertz CT molecular complexity index is 755. The Hall–Kier alpha value is -2.50. The lowest BCUT2D eigenvalue weighted by Crippen LogP contribution is -2.24. The fourth-order valence-corrected chi connectivity index (χ4v) is 2.62. The molecule has 3 nitrogen and oxygen atoms in total. The SMILES string of the molecule is Cc1cccc(C(C)C)c1NCC(=O)Nc1ccccc1C(F)(F)F. The second-order valence-corrected chi connectivity index (χ2v) is 6.14. The van der Waals surface area contributed by atoms with Crippen LogP contribution in [0.2, 0.25) is 0 Å². The monoisotopic (exact) mass is 350 g/mol. The van der Waals surface area contributed by atoms with Crippen LogP contribution in [-0.4, -0.2) is 12.5 Å². The summed E-state index contributed by atoms with van der Waals surface area (Å²) in [5.74, 6) is -0.272. The summed E-state index contributed by atoms with van der Waals surface area (Å²) in [6.07, 6.45) is -4.52. The molecule has 0 aliphatic heterocycles. The van der Waals surface area contributed by atoms with Gasteiger partial charge in [0.15, 0.2) is 0 Å². The number of nitrogens with one attached hydrogen (secondary N) is 2. The minimum Gasteiger partial charge on any atom is -0.376 e. The predicted octanol–water partition coefficient (Wildman–Crippen LogP) is 5.19. The molecule has 0 saturated carbocycles. The molecule has 2 aromatic carbocycles. The van der Waals surface area contributed by atoms with Crippen LogP contribution in [0.25, 0.3) is 0 Å². The van der Waals surface area contributed by atoms with Crippen LogP contribution in [0.4, 0.5) is 24.5 Å². The highest BCUT2D eigenvalue weighted by atomic mass is 19.4. The number of carbonyl (C=O) groups excluding carboxylic acids is 1. The van der Waals surface area contributed by atoms with E-state index in [0.717, 1.165) is 22.9 Å². The Morgan fingerprint density at radius 3 is 2.40 bits per heavy atom. The minimum absolute atomic E-state index is 0.114. The van der Waals surface area contributed by atoms with Gasteiger partial charge in [-0.15, -0.1) is 0 Å². The van der Waals surface area contributed by atoms with Crippen molar-refractivity contribution >= 4 is 17.3 Å². The first kappa shape index (κ1) is 18.8. The normalized spacial score (nSPS) is 11.5. The van der Waals surface area contributed by atoms with E-state index in [1.54, 1.807) is 0 Å². The van der Waals surface area contributed by atoms with Crippen molar-refractivity contribution < 1.29 is 18.0 Å². The fourth-order valence-electron chi connectivity index (χ4n) is 2.62. The van der Waals surface area contributed by atoms with Crippen molar-refractivity contribution in [2.45, 2.75) is 32.9 Å². The van der Waals surface area contributed by atoms with Gasteiger partial charge in [-0.05, 0) is 36.1 Å². The zero-order valence-electron chi connectivity index (χ0n) is 14.4. The van der Waals surface area contributed by atoms with Crippen LogP contribution >= 0.6 is 0 Å². The van der Waals surface area contributed by atoms with Gasteiger partial charge in [0.05, 0.1) is 17.8 Å². The standard InChI is InChI=1S/C19H21F3N2O/c1-12(2)14-8-6-7-13(3)18(14)23-11-17(25)24-16-10-5-4-9-15(16)19(20,21)22/h4-10,12,23H,11H2,1-3H3,(H,24,25). The molecule has 6 heteroatoms. The molecule has 0 radical (unpaired) electrons. The van der Waals surface area contributed by atoms with Crippen molar-refractivity contribution in [2.24, 2.45) is 0 Å². The van der Waals surface area contributed by atoms with Crippen molar-refractivity contribution in [3.8, 4) is 0 Å². The summed E-state index contributed by atoms with van der Waals surface area (Å²) in [6, 6.07) is 10.8. The number of hydrogen-bond acceptors (Lipinski definition) is 2. The summed E-state index contributed by atoms with van der Waals surface area (Å²) in [6.45, 7) is 5.89. The van der Waals surface area contributed by atoms with Crippen LogP contribution in [0.3, 0.4) is 0 Å². The smallest absolute Gasteiger partial charge is 0.376 e. The molecular formula is C19H21F3N2O. The maximum absolute atomic E-state index is 13.0. The Balaban J connectivity index is 2.11. The molecule has 0 bridgehead atoms. The highest BCUT2D eigenvalue weighted by molar-refractivity contribution is 5.94. The van der Waals surface area contributed by atoms with Gasteiger partial charge in [-0.3, -0.25) is 4.79 Å². The number of halogens is 3. The minimum atomic E-state index is -4.52. The van der Waals surface area contributed by atoms with Crippen LogP contribution in [0.5, 0.6) is 0 Å². The van der Waals surface area contributed by atoms with Gasteiger partial charge in [0, 0.05) is 5.69 Å². The third-order valence-corrected chi connectivity index (χ3v) is 3.86. The Kier molecular flexibility index (Phi) is 5.72. The largest absolute Gasteiger partial charge is 0.418 e. The molecule has 2 rings (SSSR count). The number of benzene rings is 2. The number of amides is 1. The molecule has 0 fully saturated rings. The van der Waals surface area contributed by atoms with Crippen LogP contribution in [0.1, 0.15) is 36.5 Å². The summed E-state index contributed by atoms with van der Waals surface area (Å²) >= 11 is 0. The lowest BCUT2D eigenvalue weighted by Gasteiger charge is -2.18. The maximum Gasteiger partial charge on any atom is 0.418 e. The van der Waals surface area contributed by atoms with Crippen molar-refractivity contribution in [3.05, 3.63) is 59.2 Å². The zero-order chi connectivity index (χ0) is 18.6. The third kappa shape index (κ3) is 4.75. The molecule has 2 N–H and O–H groups in total. The lowest BCUT2D eigenvalue weighted by molar-refractivity contribution is -0.137. The number of alkyl halides is 3. The molecular weight excluding hydrogens is 329 g/mol. The highest BCUT2D eigenvalue weighted by Crippen LogP contribution is 2.34. The van der Waals surface area contributed by atoms with Gasteiger partial charge in [0.2, 0.25) is 5.91 Å². The average molecular weight is 350 g/mol. The summed E-state index contributed by atoms with van der Waals surface area (Å²) < 4.78 is 38.9. The lowest BCUT2D eigenvalue weighted by atomic mass is 9.98. The highest BCUT2D eigenvalue weighted by Gasteiger charge is 2.33. The number of rotatable bonds is 5. The number of hydrogen-bond donors (Lipinski definition) is 2. The molecule has 0 aliphatic rings. The van der Waals surface area contributed by atoms with E-state index in [-0.39, 0.29) is 18.2 Å². The molecule has 0 atom stereocenters. The average Bonchev–Trinajstić information content (AvgIpc) is 2.52. The van der Waals surface area contributed by atoms with E-state index < -0.39 is 17.6 Å². The zero-order valence-corrected chi connectivity index (χ0v) is 14.4. The second kappa shape index (κ2) is 7.59. The van der Waals surface area contributed by atoms with E-state index in [1.165, 1.54) is 18.2 Å². The molecule has 0 aromatic heterocycles. The van der Waals surface area contributed by atoms with Gasteiger partial charge in [0.25, 0.3) is 0 Å². The first-order chi connectivity index (χ1) is 11.7. The first-order valence-electron chi connectivity index (χ1n) is 7.99. The first-order valence-corrected chi connectivity index (χ1v) is 7.99. The topological polar surface area (TPSA) is 41.1 Å².